The summed E-state index contributed by atoms with van der Waals surface area (Å²) in [4.78, 5) is 2.40. The highest BCUT2D eigenvalue weighted by atomic mass is 16.6. The van der Waals surface area contributed by atoms with Crippen LogP contribution in [-0.2, 0) is 27.6 Å². The SMILES string of the molecule is COc1ccc2c3c1OC1(C)C4(OC)C=CC5(c6c(O)ccc(O)c64)C(C2)N(C)CC[C@@]351. The molecule has 2 spiro atoms. The van der Waals surface area contributed by atoms with E-state index in [1.165, 1.54) is 11.1 Å². The number of aromatic hydroxyl groups is 2. The van der Waals surface area contributed by atoms with Crippen molar-refractivity contribution in [2.24, 2.45) is 0 Å². The molecule has 4 bridgehead atoms. The molecule has 6 nitrogen and oxygen atoms in total. The second-order valence-electron chi connectivity index (χ2n) is 10.1. The minimum atomic E-state index is -1.06. The molecule has 2 heterocycles. The zero-order chi connectivity index (χ0) is 22.3. The van der Waals surface area contributed by atoms with E-state index in [1.807, 2.05) is 6.07 Å². The van der Waals surface area contributed by atoms with Crippen LogP contribution < -0.4 is 9.47 Å². The van der Waals surface area contributed by atoms with Crippen molar-refractivity contribution in [2.45, 2.75) is 47.8 Å². The molecule has 0 radical (unpaired) electrons. The maximum Gasteiger partial charge on any atom is 0.166 e. The molecule has 4 unspecified atom stereocenters. The van der Waals surface area contributed by atoms with E-state index in [0.29, 0.717) is 11.3 Å². The largest absolute Gasteiger partial charge is 0.508 e. The summed E-state index contributed by atoms with van der Waals surface area (Å²) in [6.45, 7) is 3.03. The molecule has 1 saturated heterocycles. The van der Waals surface area contributed by atoms with Crippen LogP contribution in [0.2, 0.25) is 0 Å². The molecule has 1 fully saturated rings. The first-order valence-electron chi connectivity index (χ1n) is 11.2. The van der Waals surface area contributed by atoms with E-state index < -0.39 is 22.0 Å². The lowest BCUT2D eigenvalue weighted by Gasteiger charge is -2.72. The molecule has 0 aromatic heterocycles. The molecule has 32 heavy (non-hydrogen) atoms. The van der Waals surface area contributed by atoms with Gasteiger partial charge in [-0.1, -0.05) is 12.1 Å². The quantitative estimate of drug-likeness (QED) is 0.560. The number of rotatable bonds is 2. The van der Waals surface area contributed by atoms with Crippen molar-refractivity contribution >= 4 is 0 Å². The maximum absolute atomic E-state index is 11.3. The summed E-state index contributed by atoms with van der Waals surface area (Å²) >= 11 is 0. The third-order valence-corrected chi connectivity index (χ3v) is 9.55. The number of phenols is 2. The fourth-order valence-electron chi connectivity index (χ4n) is 8.44. The van der Waals surface area contributed by atoms with Gasteiger partial charge in [-0.05, 0) is 63.2 Å². The summed E-state index contributed by atoms with van der Waals surface area (Å²) in [5.41, 5.74) is 0.898. The Morgan fingerprint density at radius 1 is 1.03 bits per heavy atom. The number of likely N-dealkylation sites (N-methyl/N-ethyl adjacent to an activating group) is 1. The number of phenolic OH excluding ortho intramolecular Hbond substituents is 2. The second kappa shape index (κ2) is 5.26. The number of benzene rings is 2. The van der Waals surface area contributed by atoms with Gasteiger partial charge in [0.25, 0.3) is 0 Å². The second-order valence-corrected chi connectivity index (χ2v) is 10.1. The number of hydrogen-bond donors (Lipinski definition) is 2. The van der Waals surface area contributed by atoms with Crippen LogP contribution in [0.3, 0.4) is 0 Å². The molecule has 5 atom stereocenters. The predicted octanol–water partition coefficient (Wildman–Crippen LogP) is 3.12. The van der Waals surface area contributed by atoms with E-state index in [1.54, 1.807) is 26.4 Å². The molecule has 4 aliphatic carbocycles. The van der Waals surface area contributed by atoms with Gasteiger partial charge in [-0.25, -0.2) is 0 Å². The summed E-state index contributed by atoms with van der Waals surface area (Å²) in [7, 11) is 5.50. The van der Waals surface area contributed by atoms with Gasteiger partial charge < -0.3 is 29.3 Å². The van der Waals surface area contributed by atoms with E-state index in [2.05, 4.69) is 37.1 Å². The van der Waals surface area contributed by atoms with E-state index in [-0.39, 0.29) is 17.5 Å². The van der Waals surface area contributed by atoms with Crippen LogP contribution in [0.4, 0.5) is 0 Å². The fraction of sp³-hybridized carbons (Fsp3) is 0.462. The summed E-state index contributed by atoms with van der Waals surface area (Å²) < 4.78 is 19.1. The van der Waals surface area contributed by atoms with Crippen molar-refractivity contribution in [2.75, 3.05) is 27.8 Å². The monoisotopic (exact) mass is 433 g/mol. The number of nitrogens with zero attached hydrogens (tertiary/aromatic N) is 1. The molecule has 8 rings (SSSR count). The molecular weight excluding hydrogens is 406 g/mol. The van der Waals surface area contributed by atoms with Gasteiger partial charge in [-0.2, -0.15) is 0 Å². The van der Waals surface area contributed by atoms with Crippen LogP contribution in [0.15, 0.2) is 36.4 Å². The van der Waals surface area contributed by atoms with Gasteiger partial charge in [-0.15, -0.1) is 0 Å². The van der Waals surface area contributed by atoms with Gasteiger partial charge in [0, 0.05) is 35.3 Å². The first kappa shape index (κ1) is 18.8. The van der Waals surface area contributed by atoms with Crippen molar-refractivity contribution < 1.29 is 24.4 Å². The molecule has 2 aromatic rings. The number of hydrogen-bond acceptors (Lipinski definition) is 6. The van der Waals surface area contributed by atoms with Crippen LogP contribution in [0.25, 0.3) is 0 Å². The smallest absolute Gasteiger partial charge is 0.166 e. The van der Waals surface area contributed by atoms with Gasteiger partial charge in [0.2, 0.25) is 0 Å². The molecule has 6 aliphatic rings. The molecule has 0 saturated carbocycles. The van der Waals surface area contributed by atoms with Crippen LogP contribution in [0.5, 0.6) is 23.0 Å². The number of ether oxygens (including phenoxy) is 3. The first-order valence-corrected chi connectivity index (χ1v) is 11.2. The van der Waals surface area contributed by atoms with Gasteiger partial charge in [0.05, 0.1) is 12.5 Å². The Morgan fingerprint density at radius 2 is 1.78 bits per heavy atom. The summed E-state index contributed by atoms with van der Waals surface area (Å²) in [6.07, 6.45) is 5.99. The third kappa shape index (κ3) is 1.47. The highest BCUT2D eigenvalue weighted by molar-refractivity contribution is 5.76. The van der Waals surface area contributed by atoms with E-state index in [9.17, 15) is 10.2 Å². The summed E-state index contributed by atoms with van der Waals surface area (Å²) in [5, 5.41) is 22.5. The summed E-state index contributed by atoms with van der Waals surface area (Å²) in [6, 6.07) is 7.44. The lowest BCUT2D eigenvalue weighted by atomic mass is 9.34. The predicted molar refractivity (Wildman–Crippen MR) is 118 cm³/mol. The number of likely N-dealkylation sites (tertiary alicyclic amines) is 1. The zero-order valence-electron chi connectivity index (χ0n) is 18.7. The maximum atomic E-state index is 11.3. The van der Waals surface area contributed by atoms with Crippen LogP contribution >= 0.6 is 0 Å². The minimum absolute atomic E-state index is 0.101. The lowest BCUT2D eigenvalue weighted by molar-refractivity contribution is -0.202. The topological polar surface area (TPSA) is 71.4 Å². The fourth-order valence-corrected chi connectivity index (χ4v) is 8.44. The molecule has 2 aromatic carbocycles. The van der Waals surface area contributed by atoms with E-state index in [4.69, 9.17) is 14.2 Å². The van der Waals surface area contributed by atoms with Crippen molar-refractivity contribution in [3.8, 4) is 23.0 Å². The Labute approximate surface area is 187 Å². The molecular formula is C26H27NO5. The van der Waals surface area contributed by atoms with Crippen molar-refractivity contribution in [3.63, 3.8) is 0 Å². The third-order valence-electron chi connectivity index (χ3n) is 9.55. The average Bonchev–Trinajstić information content (AvgIpc) is 3.08. The number of piperidine rings is 1. The molecule has 0 amide bonds. The Morgan fingerprint density at radius 3 is 2.50 bits per heavy atom. The zero-order valence-corrected chi connectivity index (χ0v) is 18.7. The van der Waals surface area contributed by atoms with E-state index >= 15 is 0 Å². The Balaban J connectivity index is 1.74. The summed E-state index contributed by atoms with van der Waals surface area (Å²) in [5.74, 6) is 1.81. The van der Waals surface area contributed by atoms with Gasteiger partial charge in [0.15, 0.2) is 22.7 Å². The van der Waals surface area contributed by atoms with Crippen LogP contribution in [-0.4, -0.2) is 54.6 Å². The van der Waals surface area contributed by atoms with Gasteiger partial charge in [0.1, 0.15) is 11.5 Å². The standard InChI is InChI=1S/C26H27NO5/c1-23-25-11-12-27(2)18(13-14-5-8-17(30-3)22(32-23)19(14)25)24(25)9-10-26(23,31-4)21-16(29)7-6-15(28)20(21)24/h5-10,18,28-29H,11-13H2,1-4H3/t18?,23?,24?,25-,26?/m0/s1. The minimum Gasteiger partial charge on any atom is -0.508 e. The number of methoxy groups -OCH3 is 2. The van der Waals surface area contributed by atoms with E-state index in [0.717, 1.165) is 30.7 Å². The Hall–Kier alpha value is -2.70. The highest BCUT2D eigenvalue weighted by Gasteiger charge is 2.84. The van der Waals surface area contributed by atoms with Crippen molar-refractivity contribution in [1.29, 1.82) is 0 Å². The molecule has 2 aliphatic heterocycles. The normalized spacial score (nSPS) is 39.4. The van der Waals surface area contributed by atoms with Gasteiger partial charge in [-0.3, -0.25) is 0 Å². The van der Waals surface area contributed by atoms with Crippen LogP contribution in [0.1, 0.15) is 35.6 Å². The Bertz CT molecular complexity index is 1260. The van der Waals surface area contributed by atoms with Crippen LogP contribution in [0, 0.1) is 0 Å². The first-order chi connectivity index (χ1) is 15.3. The molecule has 166 valence electrons. The molecule has 6 heteroatoms. The Kier molecular flexibility index (Phi) is 3.10. The average molecular weight is 434 g/mol. The van der Waals surface area contributed by atoms with Crippen molar-refractivity contribution in [1.82, 2.24) is 4.90 Å². The highest BCUT2D eigenvalue weighted by Crippen LogP contribution is 2.79. The van der Waals surface area contributed by atoms with Crippen molar-refractivity contribution in [3.05, 3.63) is 58.7 Å². The lowest BCUT2D eigenvalue weighted by Crippen LogP contribution is -2.82. The molecule has 2 N–H and O–H groups in total. The van der Waals surface area contributed by atoms with Gasteiger partial charge >= 0.3 is 0 Å².